The molecule has 1 unspecified atom stereocenters. The molecule has 4 heteroatoms. The van der Waals surface area contributed by atoms with Crippen molar-refractivity contribution in [3.05, 3.63) is 30.3 Å². The number of hydrogen-bond donors (Lipinski definition) is 1. The van der Waals surface area contributed by atoms with Gasteiger partial charge >= 0.3 is 8.56 Å². The van der Waals surface area contributed by atoms with Crippen LogP contribution in [0.2, 0.25) is 0 Å². The normalized spacial score (nSPS) is 15.2. The van der Waals surface area contributed by atoms with E-state index in [-0.39, 0.29) is 0 Å². The van der Waals surface area contributed by atoms with Crippen molar-refractivity contribution in [2.24, 2.45) is 0 Å². The Morgan fingerprint density at radius 2 is 1.59 bits per heavy atom. The summed E-state index contributed by atoms with van der Waals surface area (Å²) in [5.74, 6) is 0. The zero-order valence-electron chi connectivity index (χ0n) is 11.7. The van der Waals surface area contributed by atoms with Gasteiger partial charge in [0.15, 0.2) is 0 Å². The van der Waals surface area contributed by atoms with E-state index in [9.17, 15) is 0 Å². The molecule has 1 N–H and O–H groups in total. The monoisotopic (exact) mass is 251 g/mol. The SMILES string of the molecule is CCN(CC)[Si](NC)(c1ccccc1)N(C)C. The van der Waals surface area contributed by atoms with Crippen LogP contribution in [-0.4, -0.2) is 51.9 Å². The molecule has 1 aromatic rings. The maximum Gasteiger partial charge on any atom is 0.320 e. The summed E-state index contributed by atoms with van der Waals surface area (Å²) in [5.41, 5.74) is 0. The molecule has 0 spiro atoms. The Hall–Kier alpha value is -0.683. The average molecular weight is 251 g/mol. The summed E-state index contributed by atoms with van der Waals surface area (Å²) in [5, 5.41) is 1.41. The number of rotatable bonds is 6. The summed E-state index contributed by atoms with van der Waals surface area (Å²) in [6, 6.07) is 10.8. The Morgan fingerprint density at radius 1 is 1.06 bits per heavy atom. The van der Waals surface area contributed by atoms with Gasteiger partial charge < -0.3 is 9.55 Å². The number of nitrogens with zero attached hydrogens (tertiary/aromatic N) is 2. The van der Waals surface area contributed by atoms with Crippen molar-refractivity contribution >= 4 is 13.7 Å². The topological polar surface area (TPSA) is 18.5 Å². The number of nitrogens with one attached hydrogen (secondary N) is 1. The van der Waals surface area contributed by atoms with Crippen LogP contribution in [0.3, 0.4) is 0 Å². The third-order valence-electron chi connectivity index (χ3n) is 3.39. The third kappa shape index (κ3) is 2.60. The Bertz CT molecular complexity index is 325. The molecule has 0 heterocycles. The van der Waals surface area contributed by atoms with Gasteiger partial charge in [-0.3, -0.25) is 4.57 Å². The van der Waals surface area contributed by atoms with Crippen LogP contribution in [-0.2, 0) is 0 Å². The lowest BCUT2D eigenvalue weighted by atomic mass is 10.4. The Morgan fingerprint density at radius 3 is 1.94 bits per heavy atom. The minimum absolute atomic E-state index is 1.07. The molecule has 1 atom stereocenters. The molecule has 1 aromatic carbocycles. The van der Waals surface area contributed by atoms with E-state index < -0.39 is 8.56 Å². The first-order valence-electron chi connectivity index (χ1n) is 6.30. The molecule has 17 heavy (non-hydrogen) atoms. The van der Waals surface area contributed by atoms with Crippen LogP contribution < -0.4 is 10.2 Å². The molecule has 3 nitrogen and oxygen atoms in total. The number of benzene rings is 1. The average Bonchev–Trinajstić information content (AvgIpc) is 2.36. The second-order valence-electron chi connectivity index (χ2n) is 4.35. The third-order valence-corrected chi connectivity index (χ3v) is 8.07. The zero-order valence-corrected chi connectivity index (χ0v) is 12.7. The zero-order chi connectivity index (χ0) is 12.9. The smallest absolute Gasteiger partial charge is 0.312 e. The Labute approximate surface area is 107 Å². The van der Waals surface area contributed by atoms with Crippen molar-refractivity contribution in [3.63, 3.8) is 0 Å². The second kappa shape index (κ2) is 6.30. The molecular weight excluding hydrogens is 226 g/mol. The molecule has 0 saturated heterocycles. The van der Waals surface area contributed by atoms with E-state index in [1.807, 2.05) is 0 Å². The maximum absolute atomic E-state index is 3.62. The minimum Gasteiger partial charge on any atom is -0.312 e. The van der Waals surface area contributed by atoms with Gasteiger partial charge in [0.05, 0.1) is 0 Å². The fourth-order valence-corrected chi connectivity index (χ4v) is 6.67. The molecule has 1 rings (SSSR count). The summed E-state index contributed by atoms with van der Waals surface area (Å²) >= 11 is 0. The van der Waals surface area contributed by atoms with Crippen molar-refractivity contribution < 1.29 is 0 Å². The van der Waals surface area contributed by atoms with E-state index in [4.69, 9.17) is 0 Å². The molecule has 0 aliphatic heterocycles. The molecule has 0 aromatic heterocycles. The minimum atomic E-state index is -1.94. The van der Waals surface area contributed by atoms with E-state index >= 15 is 0 Å². The number of hydrogen-bond acceptors (Lipinski definition) is 3. The van der Waals surface area contributed by atoms with E-state index in [0.29, 0.717) is 0 Å². The highest BCUT2D eigenvalue weighted by Gasteiger charge is 2.42. The summed E-state index contributed by atoms with van der Waals surface area (Å²) in [6.07, 6.45) is 0. The first-order valence-corrected chi connectivity index (χ1v) is 8.19. The van der Waals surface area contributed by atoms with Gasteiger partial charge in [-0.2, -0.15) is 0 Å². The van der Waals surface area contributed by atoms with E-state index in [2.05, 4.69) is 79.4 Å². The van der Waals surface area contributed by atoms with Gasteiger partial charge in [0.1, 0.15) is 0 Å². The highest BCUT2D eigenvalue weighted by atomic mass is 28.4. The lowest BCUT2D eigenvalue weighted by Gasteiger charge is -2.44. The first kappa shape index (κ1) is 14.4. The highest BCUT2D eigenvalue weighted by molar-refractivity contribution is 6.84. The van der Waals surface area contributed by atoms with Crippen LogP contribution in [0.5, 0.6) is 0 Å². The van der Waals surface area contributed by atoms with Crippen LogP contribution in [0, 0.1) is 0 Å². The lowest BCUT2D eigenvalue weighted by Crippen LogP contribution is -2.78. The molecular formula is C13H25N3Si. The van der Waals surface area contributed by atoms with Crippen molar-refractivity contribution in [2.75, 3.05) is 34.2 Å². The summed E-state index contributed by atoms with van der Waals surface area (Å²) < 4.78 is 4.93. The predicted molar refractivity (Wildman–Crippen MR) is 77.5 cm³/mol. The van der Waals surface area contributed by atoms with Gasteiger partial charge in [-0.1, -0.05) is 44.2 Å². The van der Waals surface area contributed by atoms with Crippen molar-refractivity contribution in [1.82, 2.24) is 14.1 Å². The van der Waals surface area contributed by atoms with Gasteiger partial charge in [0.2, 0.25) is 0 Å². The van der Waals surface area contributed by atoms with E-state index in [0.717, 1.165) is 13.1 Å². The fraction of sp³-hybridized carbons (Fsp3) is 0.538. The van der Waals surface area contributed by atoms with E-state index in [1.165, 1.54) is 5.19 Å². The van der Waals surface area contributed by atoms with Gasteiger partial charge in [-0.05, 0) is 39.4 Å². The molecule has 0 saturated carbocycles. The van der Waals surface area contributed by atoms with Gasteiger partial charge in [0.25, 0.3) is 0 Å². The van der Waals surface area contributed by atoms with Gasteiger partial charge in [-0.15, -0.1) is 0 Å². The van der Waals surface area contributed by atoms with Crippen molar-refractivity contribution in [2.45, 2.75) is 13.8 Å². The standard InChI is InChI=1S/C13H25N3Si/c1-6-16(7-2)17(14-3,15(4)5)13-11-9-8-10-12-13/h8-12,14H,6-7H2,1-5H3. The molecule has 0 aliphatic carbocycles. The van der Waals surface area contributed by atoms with Crippen molar-refractivity contribution in [1.29, 1.82) is 0 Å². The van der Waals surface area contributed by atoms with Crippen LogP contribution in [0.15, 0.2) is 30.3 Å². The van der Waals surface area contributed by atoms with Gasteiger partial charge in [0, 0.05) is 0 Å². The maximum atomic E-state index is 3.62. The lowest BCUT2D eigenvalue weighted by molar-refractivity contribution is 0.397. The van der Waals surface area contributed by atoms with Crippen LogP contribution in [0.25, 0.3) is 0 Å². The second-order valence-corrected chi connectivity index (χ2v) is 8.30. The fourth-order valence-electron chi connectivity index (χ4n) is 2.60. The van der Waals surface area contributed by atoms with Crippen LogP contribution >= 0.6 is 0 Å². The largest absolute Gasteiger partial charge is 0.320 e. The molecule has 0 amide bonds. The summed E-state index contributed by atoms with van der Waals surface area (Å²) in [6.45, 7) is 6.59. The molecule has 0 bridgehead atoms. The quantitative estimate of drug-likeness (QED) is 0.760. The van der Waals surface area contributed by atoms with Crippen LogP contribution in [0.4, 0.5) is 0 Å². The first-order chi connectivity index (χ1) is 8.13. The van der Waals surface area contributed by atoms with E-state index in [1.54, 1.807) is 0 Å². The Kier molecular flexibility index (Phi) is 5.33. The molecule has 0 fully saturated rings. The molecule has 0 aliphatic rings. The predicted octanol–water partition coefficient (Wildman–Crippen LogP) is 0.955. The summed E-state index contributed by atoms with van der Waals surface area (Å²) in [7, 11) is 4.49. The summed E-state index contributed by atoms with van der Waals surface area (Å²) in [4.78, 5) is 3.62. The van der Waals surface area contributed by atoms with Crippen molar-refractivity contribution in [3.8, 4) is 0 Å². The Balaban J connectivity index is 3.27. The van der Waals surface area contributed by atoms with Gasteiger partial charge in [-0.25, -0.2) is 0 Å². The molecule has 96 valence electrons. The molecule has 0 radical (unpaired) electrons. The van der Waals surface area contributed by atoms with Crippen LogP contribution in [0.1, 0.15) is 13.8 Å². The highest BCUT2D eigenvalue weighted by Crippen LogP contribution is 2.09.